The van der Waals surface area contributed by atoms with Gasteiger partial charge in [-0.2, -0.15) is 0 Å². The van der Waals surface area contributed by atoms with E-state index in [2.05, 4.69) is 19.2 Å². The molecule has 2 amide bonds. The highest BCUT2D eigenvalue weighted by molar-refractivity contribution is 7.10. The predicted octanol–water partition coefficient (Wildman–Crippen LogP) is 5.65. The molecule has 2 atom stereocenters. The second-order valence-corrected chi connectivity index (χ2v) is 9.57. The maximum absolute atomic E-state index is 13.6. The van der Waals surface area contributed by atoms with E-state index in [1.165, 1.54) is 0 Å². The number of hydrogen-bond donors (Lipinski definition) is 1. The molecule has 1 N–H and O–H groups in total. The van der Waals surface area contributed by atoms with Gasteiger partial charge in [0.1, 0.15) is 0 Å². The number of carbonyl (C=O) groups is 2. The van der Waals surface area contributed by atoms with Gasteiger partial charge in [0, 0.05) is 28.6 Å². The quantitative estimate of drug-likeness (QED) is 0.525. The first-order valence-corrected chi connectivity index (χ1v) is 11.7. The number of hydrogen-bond acceptors (Lipinski definition) is 3. The summed E-state index contributed by atoms with van der Waals surface area (Å²) >= 11 is 7.86. The highest BCUT2D eigenvalue weighted by Gasteiger charge is 2.44. The molecular formula is C25H25ClN2O2S. The van der Waals surface area contributed by atoms with E-state index in [4.69, 9.17) is 11.6 Å². The van der Waals surface area contributed by atoms with E-state index >= 15 is 0 Å². The summed E-state index contributed by atoms with van der Waals surface area (Å²) < 4.78 is 0. The number of thiophene rings is 1. The van der Waals surface area contributed by atoms with E-state index in [9.17, 15) is 9.59 Å². The maximum Gasteiger partial charge on any atom is 0.254 e. The van der Waals surface area contributed by atoms with Crippen molar-refractivity contribution in [2.75, 3.05) is 6.54 Å². The van der Waals surface area contributed by atoms with Crippen LogP contribution in [0.3, 0.4) is 0 Å². The largest absolute Gasteiger partial charge is 0.351 e. The molecule has 0 aliphatic carbocycles. The fourth-order valence-electron chi connectivity index (χ4n) is 4.18. The third kappa shape index (κ3) is 4.39. The lowest BCUT2D eigenvalue weighted by molar-refractivity contribution is -0.124. The first-order chi connectivity index (χ1) is 15.0. The van der Waals surface area contributed by atoms with Crippen LogP contribution in [0.15, 0.2) is 66.0 Å². The van der Waals surface area contributed by atoms with E-state index in [0.717, 1.165) is 16.0 Å². The van der Waals surface area contributed by atoms with Crippen molar-refractivity contribution in [3.63, 3.8) is 0 Å². The fourth-order valence-corrected chi connectivity index (χ4v) is 5.26. The van der Waals surface area contributed by atoms with Crippen LogP contribution in [-0.4, -0.2) is 23.3 Å². The average Bonchev–Trinajstić information content (AvgIpc) is 3.29. The normalized spacial score (nSPS) is 18.2. The SMILES string of the molecule is CC(C)CN1C(=O)c2ccccc2[C@@H](C(=O)NCc2ccccc2Cl)[C@@H]1c1cccs1. The highest BCUT2D eigenvalue weighted by Crippen LogP contribution is 2.44. The molecular weight excluding hydrogens is 428 g/mol. The van der Waals surface area contributed by atoms with Crippen LogP contribution in [0.1, 0.15) is 52.2 Å². The summed E-state index contributed by atoms with van der Waals surface area (Å²) in [4.78, 5) is 29.9. The summed E-state index contributed by atoms with van der Waals surface area (Å²) in [5.74, 6) is -0.331. The third-order valence-electron chi connectivity index (χ3n) is 5.53. The number of nitrogens with zero attached hydrogens (tertiary/aromatic N) is 1. The zero-order valence-electron chi connectivity index (χ0n) is 17.5. The molecule has 0 bridgehead atoms. The van der Waals surface area contributed by atoms with Crippen molar-refractivity contribution in [3.05, 3.63) is 92.6 Å². The Hall–Kier alpha value is -2.63. The van der Waals surface area contributed by atoms with Crippen molar-refractivity contribution in [2.24, 2.45) is 5.92 Å². The van der Waals surface area contributed by atoms with Crippen LogP contribution < -0.4 is 5.32 Å². The van der Waals surface area contributed by atoms with E-state index in [-0.39, 0.29) is 23.8 Å². The van der Waals surface area contributed by atoms with E-state index in [1.807, 2.05) is 70.9 Å². The molecule has 160 valence electrons. The van der Waals surface area contributed by atoms with E-state index in [1.54, 1.807) is 11.3 Å². The van der Waals surface area contributed by atoms with Gasteiger partial charge in [0.15, 0.2) is 0 Å². The molecule has 31 heavy (non-hydrogen) atoms. The zero-order valence-corrected chi connectivity index (χ0v) is 19.1. The summed E-state index contributed by atoms with van der Waals surface area (Å²) in [6.07, 6.45) is 0. The zero-order chi connectivity index (χ0) is 22.0. The van der Waals surface area contributed by atoms with E-state index in [0.29, 0.717) is 23.7 Å². The van der Waals surface area contributed by atoms with Crippen molar-refractivity contribution in [3.8, 4) is 0 Å². The molecule has 1 aliphatic rings. The van der Waals surface area contributed by atoms with E-state index < -0.39 is 5.92 Å². The molecule has 4 nitrogen and oxygen atoms in total. The summed E-state index contributed by atoms with van der Waals surface area (Å²) in [6.45, 7) is 5.11. The lowest BCUT2D eigenvalue weighted by Crippen LogP contribution is -2.48. The molecule has 1 aliphatic heterocycles. The molecule has 4 rings (SSSR count). The van der Waals surface area contributed by atoms with Gasteiger partial charge >= 0.3 is 0 Å². The monoisotopic (exact) mass is 452 g/mol. The van der Waals surface area contributed by atoms with Crippen LogP contribution in [0.25, 0.3) is 0 Å². The number of benzene rings is 2. The number of amides is 2. The molecule has 0 saturated heterocycles. The molecule has 0 fully saturated rings. The van der Waals surface area contributed by atoms with Gasteiger partial charge in [-0.1, -0.05) is 67.9 Å². The Morgan fingerprint density at radius 2 is 1.84 bits per heavy atom. The van der Waals surface area contributed by atoms with Crippen LogP contribution >= 0.6 is 22.9 Å². The van der Waals surface area contributed by atoms with Crippen LogP contribution in [0.4, 0.5) is 0 Å². The minimum Gasteiger partial charge on any atom is -0.351 e. The molecule has 3 aromatic rings. The fraction of sp³-hybridized carbons (Fsp3) is 0.280. The summed E-state index contributed by atoms with van der Waals surface area (Å²) in [5.41, 5.74) is 2.25. The molecule has 6 heteroatoms. The number of halogens is 1. The average molecular weight is 453 g/mol. The van der Waals surface area contributed by atoms with Crippen molar-refractivity contribution in [2.45, 2.75) is 32.4 Å². The first kappa shape index (κ1) is 21.6. The standard InChI is InChI=1S/C25H25ClN2O2S/c1-16(2)15-28-23(21-12-7-13-31-21)22(18-9-4-5-10-19(18)25(28)30)24(29)27-14-17-8-3-6-11-20(17)26/h3-13,16,22-23H,14-15H2,1-2H3,(H,27,29)/t22-,23+/m1/s1. The minimum absolute atomic E-state index is 0.0159. The molecule has 0 radical (unpaired) electrons. The van der Waals surface area contributed by atoms with Crippen molar-refractivity contribution >= 4 is 34.8 Å². The van der Waals surface area contributed by atoms with Gasteiger partial charge in [-0.25, -0.2) is 0 Å². The highest BCUT2D eigenvalue weighted by atomic mass is 35.5. The Balaban J connectivity index is 1.74. The van der Waals surface area contributed by atoms with Gasteiger partial charge in [-0.05, 0) is 40.6 Å². The Morgan fingerprint density at radius 3 is 2.55 bits per heavy atom. The molecule has 0 spiro atoms. The van der Waals surface area contributed by atoms with Crippen LogP contribution in [0.2, 0.25) is 5.02 Å². The van der Waals surface area contributed by atoms with Gasteiger partial charge in [0.2, 0.25) is 5.91 Å². The second kappa shape index (κ2) is 9.25. The van der Waals surface area contributed by atoms with Crippen molar-refractivity contribution < 1.29 is 9.59 Å². The number of rotatable bonds is 6. The van der Waals surface area contributed by atoms with Crippen molar-refractivity contribution in [1.82, 2.24) is 10.2 Å². The smallest absolute Gasteiger partial charge is 0.254 e. The van der Waals surface area contributed by atoms with Gasteiger partial charge < -0.3 is 10.2 Å². The van der Waals surface area contributed by atoms with Crippen LogP contribution in [0, 0.1) is 5.92 Å². The Kier molecular flexibility index (Phi) is 6.44. The first-order valence-electron chi connectivity index (χ1n) is 10.4. The lowest BCUT2D eigenvalue weighted by atomic mass is 9.81. The second-order valence-electron chi connectivity index (χ2n) is 8.19. The minimum atomic E-state index is -0.492. The Morgan fingerprint density at radius 1 is 1.10 bits per heavy atom. The van der Waals surface area contributed by atoms with Crippen molar-refractivity contribution in [1.29, 1.82) is 0 Å². The Labute approximate surface area is 191 Å². The van der Waals surface area contributed by atoms with Gasteiger partial charge in [0.05, 0.1) is 12.0 Å². The van der Waals surface area contributed by atoms with Crippen LogP contribution in [-0.2, 0) is 11.3 Å². The van der Waals surface area contributed by atoms with Gasteiger partial charge in [-0.3, -0.25) is 9.59 Å². The summed E-state index contributed by atoms with van der Waals surface area (Å²) in [7, 11) is 0. The number of fused-ring (bicyclic) bond motifs is 1. The molecule has 0 unspecified atom stereocenters. The molecule has 0 saturated carbocycles. The Bertz CT molecular complexity index is 1080. The molecule has 1 aromatic heterocycles. The third-order valence-corrected chi connectivity index (χ3v) is 6.84. The van der Waals surface area contributed by atoms with Gasteiger partial charge in [0.25, 0.3) is 5.91 Å². The number of nitrogens with one attached hydrogen (secondary N) is 1. The summed E-state index contributed by atoms with van der Waals surface area (Å²) in [5, 5.41) is 5.69. The molecule has 2 aromatic carbocycles. The molecule has 2 heterocycles. The lowest BCUT2D eigenvalue weighted by Gasteiger charge is -2.42. The maximum atomic E-state index is 13.6. The summed E-state index contributed by atoms with van der Waals surface area (Å²) in [6, 6.07) is 18.6. The topological polar surface area (TPSA) is 49.4 Å². The van der Waals surface area contributed by atoms with Gasteiger partial charge in [-0.15, -0.1) is 11.3 Å². The predicted molar refractivity (Wildman–Crippen MR) is 125 cm³/mol. The number of carbonyl (C=O) groups excluding carboxylic acids is 2. The van der Waals surface area contributed by atoms with Crippen LogP contribution in [0.5, 0.6) is 0 Å².